The molecule has 0 spiro atoms. The van der Waals surface area contributed by atoms with Crippen LogP contribution < -0.4 is 4.57 Å². The van der Waals surface area contributed by atoms with Crippen LogP contribution in [0.5, 0.6) is 0 Å². The Balaban J connectivity index is 2.12. The summed E-state index contributed by atoms with van der Waals surface area (Å²) in [6, 6.07) is 19.7. The topological polar surface area (TPSA) is 45.0 Å². The van der Waals surface area contributed by atoms with Crippen LogP contribution in [0.25, 0.3) is 49.1 Å². The van der Waals surface area contributed by atoms with E-state index in [1.165, 1.54) is 32.9 Å². The van der Waals surface area contributed by atoms with Crippen molar-refractivity contribution in [1.29, 1.82) is 5.26 Å². The molecule has 4 nitrogen and oxygen atoms in total. The van der Waals surface area contributed by atoms with Gasteiger partial charge in [-0.05, 0) is 55.1 Å². The Morgan fingerprint density at radius 2 is 1.77 bits per heavy atom. The number of pyridine rings is 1. The quantitative estimate of drug-likeness (QED) is 0.217. The molecular formula is C26H21N4+. The minimum absolute atomic E-state index is 0.629. The molecule has 0 saturated carbocycles. The van der Waals surface area contributed by atoms with Gasteiger partial charge >= 0.3 is 0 Å². The van der Waals surface area contributed by atoms with Gasteiger partial charge in [-0.15, -0.1) is 0 Å². The highest BCUT2D eigenvalue weighted by molar-refractivity contribution is 6.27. The molecule has 0 aliphatic heterocycles. The fourth-order valence-corrected chi connectivity index (χ4v) is 5.12. The molecule has 3 aromatic carbocycles. The second-order valence-electron chi connectivity index (χ2n) is 8.80. The summed E-state index contributed by atoms with van der Waals surface area (Å²) in [4.78, 5) is 4.79. The van der Waals surface area contributed by atoms with Crippen LogP contribution in [0.15, 0.2) is 54.9 Å². The molecule has 0 atom stereocenters. The Labute approximate surface area is 173 Å². The lowest BCUT2D eigenvalue weighted by molar-refractivity contribution is -0.646. The van der Waals surface area contributed by atoms with Crippen molar-refractivity contribution in [1.82, 2.24) is 9.38 Å². The van der Waals surface area contributed by atoms with Crippen molar-refractivity contribution in [3.05, 3.63) is 66.0 Å². The molecule has 3 aromatic heterocycles. The first kappa shape index (κ1) is 17.2. The number of aromatic nitrogens is 3. The maximum absolute atomic E-state index is 9.98. The van der Waals surface area contributed by atoms with Gasteiger partial charge in [0, 0.05) is 16.2 Å². The average Bonchev–Trinajstić information content (AvgIpc) is 3.10. The fourth-order valence-electron chi connectivity index (χ4n) is 5.12. The molecule has 0 aliphatic carbocycles. The van der Waals surface area contributed by atoms with Crippen LogP contribution in [-0.4, -0.2) is 9.38 Å². The van der Waals surface area contributed by atoms with Crippen LogP contribution in [0.2, 0.25) is 0 Å². The number of nitrogens with zero attached hydrogens (tertiary/aromatic N) is 4. The first-order chi connectivity index (χ1) is 14.4. The van der Waals surface area contributed by atoms with Gasteiger partial charge in [0.15, 0.2) is 5.52 Å². The van der Waals surface area contributed by atoms with Gasteiger partial charge in [-0.25, -0.2) is 4.57 Å². The first-order valence-electron chi connectivity index (χ1n) is 10.2. The van der Waals surface area contributed by atoms with Gasteiger partial charge in [0.05, 0.1) is 40.5 Å². The van der Waals surface area contributed by atoms with E-state index in [0.29, 0.717) is 0 Å². The fraction of sp³-hybridized carbons (Fsp3) is 0.192. The van der Waals surface area contributed by atoms with E-state index < -0.39 is 5.41 Å². The van der Waals surface area contributed by atoms with Crippen molar-refractivity contribution in [2.24, 2.45) is 7.05 Å². The zero-order valence-corrected chi connectivity index (χ0v) is 17.5. The highest BCUT2D eigenvalue weighted by Gasteiger charge is 2.31. The van der Waals surface area contributed by atoms with Crippen LogP contribution in [0.3, 0.4) is 0 Å². The molecule has 6 aromatic rings. The summed E-state index contributed by atoms with van der Waals surface area (Å²) in [5.74, 6) is 0. The lowest BCUT2D eigenvalue weighted by Crippen LogP contribution is -2.30. The molecule has 0 bridgehead atoms. The Kier molecular flexibility index (Phi) is 3.12. The largest absolute Gasteiger partial charge is 0.308 e. The van der Waals surface area contributed by atoms with E-state index in [0.717, 1.165) is 27.4 Å². The SMILES string of the molecule is Cc1cccc2c1c1c3c(cc(C(C)(C)C#N)c4c5ccccc5n2c43)nc[n+]1C. The third-order valence-electron chi connectivity index (χ3n) is 6.56. The smallest absolute Gasteiger partial charge is 0.287 e. The number of hydrogen-bond donors (Lipinski definition) is 0. The Morgan fingerprint density at radius 3 is 2.57 bits per heavy atom. The molecule has 0 amide bonds. The van der Waals surface area contributed by atoms with Crippen molar-refractivity contribution in [2.75, 3.05) is 0 Å². The van der Waals surface area contributed by atoms with Gasteiger partial charge in [0.1, 0.15) is 5.52 Å². The second-order valence-corrected chi connectivity index (χ2v) is 8.80. The van der Waals surface area contributed by atoms with Crippen molar-refractivity contribution in [3.8, 4) is 6.07 Å². The molecule has 144 valence electrons. The molecule has 0 saturated heterocycles. The van der Waals surface area contributed by atoms with E-state index in [2.05, 4.69) is 77.5 Å². The maximum atomic E-state index is 9.98. The molecular weight excluding hydrogens is 368 g/mol. The van der Waals surface area contributed by atoms with Gasteiger partial charge in [-0.1, -0.05) is 30.3 Å². The van der Waals surface area contributed by atoms with Gasteiger partial charge in [-0.2, -0.15) is 5.26 Å². The van der Waals surface area contributed by atoms with Gasteiger partial charge < -0.3 is 4.40 Å². The molecule has 0 aliphatic rings. The maximum Gasteiger partial charge on any atom is 0.287 e. The van der Waals surface area contributed by atoms with E-state index in [9.17, 15) is 5.26 Å². The number of nitriles is 1. The number of aryl methyl sites for hydroxylation is 2. The Bertz CT molecular complexity index is 1700. The Morgan fingerprint density at radius 1 is 1.00 bits per heavy atom. The van der Waals surface area contributed by atoms with Gasteiger partial charge in [0.25, 0.3) is 6.33 Å². The number of hydrogen-bond acceptors (Lipinski definition) is 2. The Hall–Kier alpha value is -3.71. The summed E-state index contributed by atoms with van der Waals surface area (Å²) in [5.41, 5.74) is 7.28. The molecule has 30 heavy (non-hydrogen) atoms. The summed E-state index contributed by atoms with van der Waals surface area (Å²) in [6.45, 7) is 6.16. The standard InChI is InChI=1S/C26H21N4/c1-15-8-7-11-20-21(15)24-23-18(28-14-29(24)4)12-17(26(2,3)13-27)22-16-9-5-6-10-19(16)30(20)25(22)23/h5-12,14H,1-4H3/q+1. The van der Waals surface area contributed by atoms with Crippen molar-refractivity contribution >= 4 is 49.1 Å². The van der Waals surface area contributed by atoms with Gasteiger partial charge in [-0.3, -0.25) is 0 Å². The molecule has 0 fully saturated rings. The average molecular weight is 389 g/mol. The van der Waals surface area contributed by atoms with Crippen molar-refractivity contribution in [2.45, 2.75) is 26.2 Å². The highest BCUT2D eigenvalue weighted by Crippen LogP contribution is 2.44. The van der Waals surface area contributed by atoms with Crippen LogP contribution in [0.4, 0.5) is 0 Å². The molecule has 6 rings (SSSR count). The van der Waals surface area contributed by atoms with Crippen LogP contribution in [0, 0.1) is 18.3 Å². The first-order valence-corrected chi connectivity index (χ1v) is 10.2. The highest BCUT2D eigenvalue weighted by atomic mass is 15.0. The van der Waals surface area contributed by atoms with E-state index in [-0.39, 0.29) is 0 Å². The summed E-state index contributed by atoms with van der Waals surface area (Å²) >= 11 is 0. The molecule has 0 radical (unpaired) electrons. The number of fused-ring (bicyclic) bond motifs is 6. The van der Waals surface area contributed by atoms with Crippen LogP contribution in [-0.2, 0) is 12.5 Å². The summed E-state index contributed by atoms with van der Waals surface area (Å²) in [5, 5.41) is 14.7. The third-order valence-corrected chi connectivity index (χ3v) is 6.56. The normalized spacial score (nSPS) is 12.6. The molecule has 0 unspecified atom stereocenters. The van der Waals surface area contributed by atoms with Crippen molar-refractivity contribution in [3.63, 3.8) is 0 Å². The summed E-state index contributed by atoms with van der Waals surface area (Å²) in [6.07, 6.45) is 1.89. The van der Waals surface area contributed by atoms with Crippen LogP contribution >= 0.6 is 0 Å². The second kappa shape index (κ2) is 5.46. The zero-order valence-electron chi connectivity index (χ0n) is 17.5. The van der Waals surface area contributed by atoms with E-state index in [1.807, 2.05) is 20.2 Å². The third kappa shape index (κ3) is 1.90. The number of benzene rings is 3. The van der Waals surface area contributed by atoms with Crippen LogP contribution in [0.1, 0.15) is 25.0 Å². The van der Waals surface area contributed by atoms with E-state index in [4.69, 9.17) is 4.98 Å². The number of rotatable bonds is 1. The molecule has 0 N–H and O–H groups in total. The zero-order chi connectivity index (χ0) is 20.8. The number of para-hydroxylation sites is 1. The van der Waals surface area contributed by atoms with E-state index >= 15 is 0 Å². The monoisotopic (exact) mass is 389 g/mol. The predicted octanol–water partition coefficient (Wildman–Crippen LogP) is 5.32. The molecule has 4 heteroatoms. The lowest BCUT2D eigenvalue weighted by atomic mass is 9.82. The summed E-state index contributed by atoms with van der Waals surface area (Å²) < 4.78 is 4.50. The minimum atomic E-state index is -0.629. The predicted molar refractivity (Wildman–Crippen MR) is 121 cm³/mol. The van der Waals surface area contributed by atoms with Gasteiger partial charge in [0.2, 0.25) is 0 Å². The molecule has 3 heterocycles. The van der Waals surface area contributed by atoms with Crippen molar-refractivity contribution < 1.29 is 4.57 Å². The lowest BCUT2D eigenvalue weighted by Gasteiger charge is -2.19. The summed E-state index contributed by atoms with van der Waals surface area (Å²) in [7, 11) is 2.06. The minimum Gasteiger partial charge on any atom is -0.308 e. The van der Waals surface area contributed by atoms with E-state index in [1.54, 1.807) is 0 Å².